The van der Waals surface area contributed by atoms with Crippen molar-refractivity contribution >= 4 is 87.9 Å². The SMILES string of the molecule is CCCCC(CC)CC1(CC(CC)CCCC)c2cc(C)sc2-c2s[c]([Sn]([CH3])([CH3])[CH3])cc21.CCCCC(CC)CC1(CC(CC)CCCC)c2cc(C)sc2-c2s[c]([Sn]([CH3])([CH3])[CH3])cc21. The minimum atomic E-state index is -2.11. The molecule has 64 heavy (non-hydrogen) atoms. The molecule has 0 saturated heterocycles. The molecular formula is C58H96S4Sn2. The molecule has 0 aliphatic heterocycles. The molecule has 0 saturated carbocycles. The Morgan fingerprint density at radius 2 is 0.641 bits per heavy atom. The number of unbranched alkanes of at least 4 members (excludes halogenated alkanes) is 4. The fourth-order valence-electron chi connectivity index (χ4n) is 11.7. The number of fused-ring (bicyclic) bond motifs is 6. The number of hydrogen-bond donors (Lipinski definition) is 0. The number of rotatable bonds is 26. The molecule has 0 N–H and O–H groups in total. The Kier molecular flexibility index (Phi) is 21.2. The van der Waals surface area contributed by atoms with Crippen LogP contribution in [0.15, 0.2) is 24.3 Å². The summed E-state index contributed by atoms with van der Waals surface area (Å²) in [5, 5.41) is 0. The van der Waals surface area contributed by atoms with Gasteiger partial charge in [-0.1, -0.05) is 0 Å². The van der Waals surface area contributed by atoms with E-state index in [0.717, 1.165) is 23.7 Å². The van der Waals surface area contributed by atoms with Crippen LogP contribution in [0.4, 0.5) is 0 Å². The molecule has 0 nitrogen and oxygen atoms in total. The molecule has 4 aromatic rings. The molecule has 2 aliphatic rings. The van der Waals surface area contributed by atoms with Gasteiger partial charge in [0.25, 0.3) is 0 Å². The van der Waals surface area contributed by atoms with Crippen molar-refractivity contribution in [2.75, 3.05) is 0 Å². The predicted octanol–water partition coefficient (Wildman–Crippen LogP) is 20.3. The van der Waals surface area contributed by atoms with Gasteiger partial charge in [0.15, 0.2) is 0 Å². The number of thiophene rings is 4. The standard InChI is InChI=1S/2C26H39S2.6CH3.2Sn/c2*1-6-10-12-20(8-3)17-26(18-21(9-4)13-11-7-2)22-14-15-27-24(22)25-23(26)16-19(5)28-25;;;;;;;;/h2*14,16,20-21H,6-13,17-18H2,1-5H3;6*1H3;;. The van der Waals surface area contributed by atoms with E-state index in [0.29, 0.717) is 0 Å². The third-order valence-corrected chi connectivity index (χ3v) is 39.4. The van der Waals surface area contributed by atoms with E-state index in [-0.39, 0.29) is 10.8 Å². The molecule has 0 fully saturated rings. The summed E-state index contributed by atoms with van der Waals surface area (Å²) in [6.45, 7) is 23.9. The van der Waals surface area contributed by atoms with E-state index >= 15 is 0 Å². The summed E-state index contributed by atoms with van der Waals surface area (Å²) in [5.74, 6) is 3.39. The first-order chi connectivity index (χ1) is 30.4. The van der Waals surface area contributed by atoms with Crippen LogP contribution in [-0.2, 0) is 10.8 Å². The molecule has 4 aromatic heterocycles. The van der Waals surface area contributed by atoms with Crippen LogP contribution in [0, 0.1) is 37.5 Å². The van der Waals surface area contributed by atoms with E-state index in [4.69, 9.17) is 0 Å². The Bertz CT molecular complexity index is 1840. The van der Waals surface area contributed by atoms with Gasteiger partial charge in [0.1, 0.15) is 0 Å². The summed E-state index contributed by atoms with van der Waals surface area (Å²) in [4.78, 5) is 25.3. The van der Waals surface area contributed by atoms with E-state index in [2.05, 4.69) is 168 Å². The van der Waals surface area contributed by atoms with Crippen molar-refractivity contribution < 1.29 is 0 Å². The molecule has 2 aliphatic carbocycles. The zero-order chi connectivity index (χ0) is 47.0. The first-order valence-electron chi connectivity index (χ1n) is 26.9. The molecular weight excluding hydrogens is 1060 g/mol. The second kappa shape index (κ2) is 24.5. The third-order valence-electron chi connectivity index (χ3n) is 15.8. The number of hydrogen-bond acceptors (Lipinski definition) is 4. The first kappa shape index (κ1) is 55.3. The topological polar surface area (TPSA) is 0 Å². The summed E-state index contributed by atoms with van der Waals surface area (Å²) in [6.07, 6.45) is 27.3. The van der Waals surface area contributed by atoms with Crippen LogP contribution in [0.3, 0.4) is 0 Å². The maximum absolute atomic E-state index is 2.75. The van der Waals surface area contributed by atoms with E-state index in [1.807, 2.05) is 0 Å². The molecule has 0 amide bonds. The van der Waals surface area contributed by atoms with Crippen molar-refractivity contribution in [3.8, 4) is 19.5 Å². The molecule has 4 unspecified atom stereocenters. The molecule has 0 aromatic carbocycles. The van der Waals surface area contributed by atoms with Crippen LogP contribution in [0.2, 0.25) is 29.6 Å². The average Bonchev–Trinajstić information content (AvgIpc) is 4.11. The predicted molar refractivity (Wildman–Crippen MR) is 304 cm³/mol. The summed E-state index contributed by atoms with van der Waals surface area (Å²) in [6, 6.07) is 10.7. The van der Waals surface area contributed by atoms with E-state index in [9.17, 15) is 0 Å². The number of aryl methyl sites for hydroxylation is 2. The van der Waals surface area contributed by atoms with Gasteiger partial charge in [-0.3, -0.25) is 0 Å². The van der Waals surface area contributed by atoms with Gasteiger partial charge >= 0.3 is 425 Å². The molecule has 6 rings (SSSR count). The summed E-state index contributed by atoms with van der Waals surface area (Å²) < 4.78 is 3.57. The van der Waals surface area contributed by atoms with Gasteiger partial charge in [-0.05, 0) is 0 Å². The van der Waals surface area contributed by atoms with Gasteiger partial charge in [-0.15, -0.1) is 0 Å². The van der Waals surface area contributed by atoms with Crippen molar-refractivity contribution in [3.05, 3.63) is 56.3 Å². The van der Waals surface area contributed by atoms with Gasteiger partial charge in [0.05, 0.1) is 0 Å². The quantitative estimate of drug-likeness (QED) is 0.0550. The normalized spacial score (nSPS) is 19.8. The summed E-state index contributed by atoms with van der Waals surface area (Å²) >= 11 is 4.34. The van der Waals surface area contributed by atoms with Crippen molar-refractivity contribution in [1.29, 1.82) is 0 Å². The van der Waals surface area contributed by atoms with Gasteiger partial charge in [0, 0.05) is 0 Å². The van der Waals surface area contributed by atoms with Gasteiger partial charge in [0.2, 0.25) is 0 Å². The Labute approximate surface area is 421 Å². The Hall–Kier alpha value is 0.397. The molecule has 360 valence electrons. The van der Waals surface area contributed by atoms with Crippen molar-refractivity contribution in [3.63, 3.8) is 0 Å². The summed E-state index contributed by atoms with van der Waals surface area (Å²) in [7, 11) is 0. The van der Waals surface area contributed by atoms with Crippen molar-refractivity contribution in [2.45, 2.75) is 238 Å². The second-order valence-electron chi connectivity index (χ2n) is 23.1. The monoisotopic (exact) mass is 1160 g/mol. The van der Waals surface area contributed by atoms with E-state index < -0.39 is 36.8 Å². The van der Waals surface area contributed by atoms with Crippen LogP contribution >= 0.6 is 45.3 Å². The van der Waals surface area contributed by atoms with Gasteiger partial charge in [-0.25, -0.2) is 0 Å². The first-order valence-corrected chi connectivity index (χ1v) is 50.2. The Balaban J connectivity index is 0.000000241. The van der Waals surface area contributed by atoms with E-state index in [1.54, 1.807) is 47.5 Å². The van der Waals surface area contributed by atoms with Gasteiger partial charge < -0.3 is 0 Å². The molecule has 4 atom stereocenters. The Morgan fingerprint density at radius 3 is 0.875 bits per heavy atom. The van der Waals surface area contributed by atoms with Crippen LogP contribution < -0.4 is 5.79 Å². The Morgan fingerprint density at radius 1 is 0.391 bits per heavy atom. The summed E-state index contributed by atoms with van der Waals surface area (Å²) in [5.41, 5.74) is 7.50. The zero-order valence-corrected chi connectivity index (χ0v) is 53.4. The third kappa shape index (κ3) is 12.6. The maximum atomic E-state index is 2.75. The van der Waals surface area contributed by atoms with Crippen LogP contribution in [0.1, 0.15) is 216 Å². The van der Waals surface area contributed by atoms with Crippen LogP contribution in [0.5, 0.6) is 0 Å². The molecule has 0 bridgehead atoms. The van der Waals surface area contributed by atoms with Gasteiger partial charge in [-0.2, -0.15) is 0 Å². The molecule has 0 spiro atoms. The van der Waals surface area contributed by atoms with Crippen LogP contribution in [0.25, 0.3) is 19.5 Å². The fourth-order valence-corrected chi connectivity index (χ4v) is 27.2. The molecule has 6 heteroatoms. The molecule has 0 radical (unpaired) electrons. The fraction of sp³-hybridized carbons (Fsp3) is 0.724. The van der Waals surface area contributed by atoms with Crippen molar-refractivity contribution in [2.24, 2.45) is 23.7 Å². The zero-order valence-electron chi connectivity index (χ0n) is 44.4. The van der Waals surface area contributed by atoms with E-state index in [1.165, 1.54) is 138 Å². The minimum absolute atomic E-state index is 0.268. The molecule has 4 heterocycles. The second-order valence-corrected chi connectivity index (χ2v) is 58.5. The van der Waals surface area contributed by atoms with Crippen molar-refractivity contribution in [1.82, 2.24) is 0 Å². The van der Waals surface area contributed by atoms with Crippen LogP contribution in [-0.4, -0.2) is 36.8 Å². The average molecular weight is 1160 g/mol.